The predicted octanol–water partition coefficient (Wildman–Crippen LogP) is 5.61. The molecule has 0 atom stereocenters. The SMILES string of the molecule is [B]c1ccc2cc(-c3cc4ccccc4c4ccccc34)ccc2c1. The molecule has 0 fully saturated rings. The molecule has 0 heterocycles. The molecule has 0 bridgehead atoms. The van der Waals surface area contributed by atoms with E-state index in [2.05, 4.69) is 78.9 Å². The van der Waals surface area contributed by atoms with Crippen molar-refractivity contribution < 1.29 is 0 Å². The van der Waals surface area contributed by atoms with Crippen LogP contribution in [0.15, 0.2) is 91.0 Å². The Morgan fingerprint density at radius 2 is 1.16 bits per heavy atom. The number of hydrogen-bond acceptors (Lipinski definition) is 0. The van der Waals surface area contributed by atoms with Gasteiger partial charge in [0.1, 0.15) is 7.85 Å². The quantitative estimate of drug-likeness (QED) is 0.279. The molecule has 0 aromatic heterocycles. The molecule has 0 spiro atoms. The molecule has 0 nitrogen and oxygen atoms in total. The van der Waals surface area contributed by atoms with Crippen LogP contribution in [0.1, 0.15) is 0 Å². The second kappa shape index (κ2) is 5.49. The van der Waals surface area contributed by atoms with E-state index in [1.807, 2.05) is 12.1 Å². The van der Waals surface area contributed by atoms with Crippen molar-refractivity contribution in [1.82, 2.24) is 0 Å². The van der Waals surface area contributed by atoms with Crippen molar-refractivity contribution in [2.45, 2.75) is 0 Å². The molecule has 0 aliphatic rings. The van der Waals surface area contributed by atoms with Gasteiger partial charge >= 0.3 is 0 Å². The molecule has 0 N–H and O–H groups in total. The van der Waals surface area contributed by atoms with Crippen LogP contribution in [0.3, 0.4) is 0 Å². The molecule has 114 valence electrons. The van der Waals surface area contributed by atoms with Gasteiger partial charge in [0.25, 0.3) is 0 Å². The van der Waals surface area contributed by atoms with Gasteiger partial charge in [-0.2, -0.15) is 0 Å². The summed E-state index contributed by atoms with van der Waals surface area (Å²) >= 11 is 0. The highest BCUT2D eigenvalue weighted by molar-refractivity contribution is 6.33. The summed E-state index contributed by atoms with van der Waals surface area (Å²) in [4.78, 5) is 0. The van der Waals surface area contributed by atoms with Gasteiger partial charge in [-0.1, -0.05) is 84.3 Å². The van der Waals surface area contributed by atoms with Crippen molar-refractivity contribution in [1.29, 1.82) is 0 Å². The van der Waals surface area contributed by atoms with Crippen LogP contribution in [0, 0.1) is 0 Å². The number of rotatable bonds is 1. The Morgan fingerprint density at radius 3 is 2.04 bits per heavy atom. The van der Waals surface area contributed by atoms with Crippen LogP contribution < -0.4 is 5.46 Å². The highest BCUT2D eigenvalue weighted by Gasteiger charge is 2.08. The second-order valence-corrected chi connectivity index (χ2v) is 6.51. The minimum atomic E-state index is 0.802. The van der Waals surface area contributed by atoms with Crippen LogP contribution in [-0.2, 0) is 0 Å². The van der Waals surface area contributed by atoms with Gasteiger partial charge in [-0.25, -0.2) is 0 Å². The third-order valence-corrected chi connectivity index (χ3v) is 4.94. The maximum Gasteiger partial charge on any atom is 0.113 e. The first-order valence-electron chi connectivity index (χ1n) is 8.50. The molecule has 2 radical (unpaired) electrons. The first-order valence-corrected chi connectivity index (χ1v) is 8.50. The molecule has 0 unspecified atom stereocenters. The lowest BCUT2D eigenvalue weighted by molar-refractivity contribution is 1.70. The van der Waals surface area contributed by atoms with Gasteiger partial charge in [0, 0.05) is 0 Å². The van der Waals surface area contributed by atoms with Gasteiger partial charge in [0.2, 0.25) is 0 Å². The van der Waals surface area contributed by atoms with E-state index in [1.54, 1.807) is 0 Å². The molecule has 0 aliphatic carbocycles. The fourth-order valence-corrected chi connectivity index (χ4v) is 3.72. The first kappa shape index (κ1) is 14.3. The van der Waals surface area contributed by atoms with Crippen LogP contribution >= 0.6 is 0 Å². The third-order valence-electron chi connectivity index (χ3n) is 4.94. The Morgan fingerprint density at radius 1 is 0.480 bits per heavy atom. The van der Waals surface area contributed by atoms with Crippen LogP contribution in [0.25, 0.3) is 43.4 Å². The monoisotopic (exact) mass is 314 g/mol. The predicted molar refractivity (Wildman–Crippen MR) is 110 cm³/mol. The van der Waals surface area contributed by atoms with E-state index in [4.69, 9.17) is 7.85 Å². The van der Waals surface area contributed by atoms with Crippen LogP contribution in [0.5, 0.6) is 0 Å². The summed E-state index contributed by atoms with van der Waals surface area (Å²) in [6.07, 6.45) is 0. The van der Waals surface area contributed by atoms with Gasteiger partial charge in [-0.15, -0.1) is 0 Å². The minimum Gasteiger partial charge on any atom is -0.0960 e. The lowest BCUT2D eigenvalue weighted by Gasteiger charge is -2.12. The molecular formula is C24H15B. The van der Waals surface area contributed by atoms with Crippen molar-refractivity contribution in [3.63, 3.8) is 0 Å². The Hall–Kier alpha value is -3.06. The molecular weight excluding hydrogens is 299 g/mol. The maximum atomic E-state index is 5.91. The van der Waals surface area contributed by atoms with Gasteiger partial charge in [0.15, 0.2) is 0 Å². The van der Waals surface area contributed by atoms with Crippen molar-refractivity contribution in [3.8, 4) is 11.1 Å². The zero-order chi connectivity index (χ0) is 16.8. The third kappa shape index (κ3) is 2.32. The lowest BCUT2D eigenvalue weighted by atomic mass is 9.90. The van der Waals surface area contributed by atoms with E-state index in [0.29, 0.717) is 0 Å². The second-order valence-electron chi connectivity index (χ2n) is 6.51. The van der Waals surface area contributed by atoms with E-state index in [0.717, 1.165) is 5.46 Å². The average Bonchev–Trinajstić information content (AvgIpc) is 2.67. The molecule has 0 aliphatic heterocycles. The van der Waals surface area contributed by atoms with Crippen LogP contribution in [-0.4, -0.2) is 7.85 Å². The summed E-state index contributed by atoms with van der Waals surface area (Å²) in [5, 5.41) is 7.55. The molecule has 5 aromatic rings. The van der Waals surface area contributed by atoms with E-state index in [9.17, 15) is 0 Å². The lowest BCUT2D eigenvalue weighted by Crippen LogP contribution is -1.99. The van der Waals surface area contributed by atoms with Crippen molar-refractivity contribution >= 4 is 45.6 Å². The van der Waals surface area contributed by atoms with E-state index >= 15 is 0 Å². The Balaban J connectivity index is 1.86. The summed E-state index contributed by atoms with van der Waals surface area (Å²) in [6, 6.07) is 32.2. The Labute approximate surface area is 148 Å². The van der Waals surface area contributed by atoms with Gasteiger partial charge in [-0.3, -0.25) is 0 Å². The number of benzene rings is 5. The van der Waals surface area contributed by atoms with Gasteiger partial charge < -0.3 is 0 Å². The average molecular weight is 314 g/mol. The first-order chi connectivity index (χ1) is 12.3. The minimum absolute atomic E-state index is 0.802. The summed E-state index contributed by atoms with van der Waals surface area (Å²) < 4.78 is 0. The van der Waals surface area contributed by atoms with Crippen LogP contribution in [0.2, 0.25) is 0 Å². The van der Waals surface area contributed by atoms with E-state index < -0.39 is 0 Å². The number of hydrogen-bond donors (Lipinski definition) is 0. The van der Waals surface area contributed by atoms with Gasteiger partial charge in [-0.05, 0) is 55.6 Å². The molecule has 5 rings (SSSR count). The highest BCUT2D eigenvalue weighted by Crippen LogP contribution is 2.35. The normalized spacial score (nSPS) is 11.4. The number of fused-ring (bicyclic) bond motifs is 4. The molecule has 0 saturated heterocycles. The maximum absolute atomic E-state index is 5.91. The fraction of sp³-hybridized carbons (Fsp3) is 0. The fourth-order valence-electron chi connectivity index (χ4n) is 3.72. The van der Waals surface area contributed by atoms with Crippen molar-refractivity contribution in [2.75, 3.05) is 0 Å². The van der Waals surface area contributed by atoms with Crippen molar-refractivity contribution in [2.24, 2.45) is 0 Å². The van der Waals surface area contributed by atoms with Crippen LogP contribution in [0.4, 0.5) is 0 Å². The summed E-state index contributed by atoms with van der Waals surface area (Å²) in [5.74, 6) is 0. The molecule has 5 aromatic carbocycles. The zero-order valence-electron chi connectivity index (χ0n) is 13.7. The summed E-state index contributed by atoms with van der Waals surface area (Å²) in [7, 11) is 5.91. The van der Waals surface area contributed by atoms with E-state index in [1.165, 1.54) is 43.4 Å². The Bertz CT molecular complexity index is 1250. The smallest absolute Gasteiger partial charge is 0.0960 e. The van der Waals surface area contributed by atoms with Gasteiger partial charge in [0.05, 0.1) is 0 Å². The molecule has 0 amide bonds. The van der Waals surface area contributed by atoms with Crippen molar-refractivity contribution in [3.05, 3.63) is 91.0 Å². The largest absolute Gasteiger partial charge is 0.113 e. The highest BCUT2D eigenvalue weighted by atomic mass is 14.1. The zero-order valence-corrected chi connectivity index (χ0v) is 13.7. The standard InChI is InChI=1S/C24H15B/c25-20-12-11-16-13-19(10-9-17(16)14-20)24-15-18-5-1-2-6-21(18)22-7-3-4-8-23(22)24/h1-15H. The molecule has 25 heavy (non-hydrogen) atoms. The van der Waals surface area contributed by atoms with E-state index in [-0.39, 0.29) is 0 Å². The molecule has 0 saturated carbocycles. The summed E-state index contributed by atoms with van der Waals surface area (Å²) in [5.41, 5.74) is 3.31. The summed E-state index contributed by atoms with van der Waals surface area (Å²) in [6.45, 7) is 0. The molecule has 1 heteroatoms. The topological polar surface area (TPSA) is 0 Å². The Kier molecular flexibility index (Phi) is 3.14.